The molecule has 1 aromatic heterocycles. The third-order valence-corrected chi connectivity index (χ3v) is 3.51. The van der Waals surface area contributed by atoms with E-state index < -0.39 is 12.0 Å². The van der Waals surface area contributed by atoms with E-state index in [-0.39, 0.29) is 12.6 Å². The summed E-state index contributed by atoms with van der Waals surface area (Å²) in [4.78, 5) is 11.6. The van der Waals surface area contributed by atoms with E-state index in [1.165, 1.54) is 6.20 Å². The van der Waals surface area contributed by atoms with E-state index in [1.807, 2.05) is 0 Å². The predicted molar refractivity (Wildman–Crippen MR) is 58.6 cm³/mol. The molecule has 0 bridgehead atoms. The first-order chi connectivity index (χ1) is 8.27. The second-order valence-electron chi connectivity index (χ2n) is 4.64. The summed E-state index contributed by atoms with van der Waals surface area (Å²) in [7, 11) is 0. The molecule has 5 heteroatoms. The molecule has 1 aliphatic carbocycles. The van der Waals surface area contributed by atoms with Crippen LogP contribution in [0.5, 0.6) is 0 Å². The second kappa shape index (κ2) is 4.22. The lowest BCUT2D eigenvalue weighted by Gasteiger charge is -2.26. The van der Waals surface area contributed by atoms with Crippen molar-refractivity contribution in [3.05, 3.63) is 17.5 Å². The third-order valence-electron chi connectivity index (χ3n) is 3.51. The van der Waals surface area contributed by atoms with Gasteiger partial charge in [0.05, 0.1) is 17.5 Å². The summed E-state index contributed by atoms with van der Waals surface area (Å²) >= 11 is 0. The zero-order valence-corrected chi connectivity index (χ0v) is 9.56. The molecule has 2 aliphatic rings. The Labute approximate surface area is 98.8 Å². The third kappa shape index (κ3) is 1.78. The fourth-order valence-corrected chi connectivity index (χ4v) is 2.57. The molecule has 0 amide bonds. The van der Waals surface area contributed by atoms with Gasteiger partial charge in [-0.1, -0.05) is 0 Å². The highest BCUT2D eigenvalue weighted by molar-refractivity contribution is 6.01. The molecule has 0 saturated carbocycles. The number of ketones is 1. The molecule has 4 nitrogen and oxygen atoms in total. The van der Waals surface area contributed by atoms with E-state index in [0.717, 1.165) is 31.6 Å². The van der Waals surface area contributed by atoms with Crippen molar-refractivity contribution >= 4 is 5.78 Å². The summed E-state index contributed by atoms with van der Waals surface area (Å²) in [6, 6.07) is 0. The van der Waals surface area contributed by atoms with Gasteiger partial charge in [0.2, 0.25) is 0 Å². The number of carbonyl (C=O) groups excluding carboxylic acids is 1. The number of rotatable bonds is 1. The van der Waals surface area contributed by atoms with Crippen molar-refractivity contribution in [3.8, 4) is 0 Å². The second-order valence-corrected chi connectivity index (χ2v) is 4.64. The molecule has 0 spiro atoms. The Bertz CT molecular complexity index is 438. The van der Waals surface area contributed by atoms with E-state index in [4.69, 9.17) is 4.74 Å². The zero-order valence-electron chi connectivity index (χ0n) is 9.56. The molecule has 2 heterocycles. The lowest BCUT2D eigenvalue weighted by Crippen LogP contribution is -2.27. The Morgan fingerprint density at radius 2 is 2.29 bits per heavy atom. The van der Waals surface area contributed by atoms with Crippen LogP contribution in [0.4, 0.5) is 4.39 Å². The first-order valence-electron chi connectivity index (χ1n) is 6.13. The topological polar surface area (TPSA) is 44.1 Å². The number of ether oxygens (including phenoxy) is 1. The molecule has 1 aromatic rings. The summed E-state index contributed by atoms with van der Waals surface area (Å²) in [5.41, 5.74) is 1.29. The van der Waals surface area contributed by atoms with Gasteiger partial charge in [0, 0.05) is 6.61 Å². The minimum Gasteiger partial charge on any atom is -0.357 e. The van der Waals surface area contributed by atoms with E-state index in [0.29, 0.717) is 12.0 Å². The van der Waals surface area contributed by atoms with Crippen molar-refractivity contribution in [1.29, 1.82) is 0 Å². The maximum absolute atomic E-state index is 13.3. The van der Waals surface area contributed by atoms with Crippen molar-refractivity contribution < 1.29 is 13.9 Å². The Morgan fingerprint density at radius 3 is 3.06 bits per heavy atom. The van der Waals surface area contributed by atoms with Crippen molar-refractivity contribution in [2.45, 2.75) is 44.5 Å². The van der Waals surface area contributed by atoms with E-state index in [2.05, 4.69) is 5.10 Å². The summed E-state index contributed by atoms with van der Waals surface area (Å²) in [5.74, 6) is -0.423. The number of hydrogen-bond acceptors (Lipinski definition) is 3. The van der Waals surface area contributed by atoms with Crippen LogP contribution in [0.3, 0.4) is 0 Å². The molecule has 1 saturated heterocycles. The van der Waals surface area contributed by atoms with Gasteiger partial charge in [-0.15, -0.1) is 0 Å². The maximum atomic E-state index is 13.3. The molecular formula is C12H15FN2O2. The molecule has 2 unspecified atom stereocenters. The highest BCUT2D eigenvalue weighted by Crippen LogP contribution is 2.29. The quantitative estimate of drug-likeness (QED) is 0.752. The van der Waals surface area contributed by atoms with Gasteiger partial charge < -0.3 is 4.74 Å². The summed E-state index contributed by atoms with van der Waals surface area (Å²) in [6.07, 6.45) is 4.00. The number of hydrogen-bond donors (Lipinski definition) is 0. The first-order valence-corrected chi connectivity index (χ1v) is 6.13. The van der Waals surface area contributed by atoms with Crippen LogP contribution in [0, 0.1) is 0 Å². The number of aromatic nitrogens is 2. The fourth-order valence-electron chi connectivity index (χ4n) is 2.57. The van der Waals surface area contributed by atoms with E-state index in [1.54, 1.807) is 4.68 Å². The highest BCUT2D eigenvalue weighted by atomic mass is 19.1. The number of fused-ring (bicyclic) bond motifs is 1. The zero-order chi connectivity index (χ0) is 11.8. The molecule has 0 N–H and O–H groups in total. The largest absolute Gasteiger partial charge is 0.357 e. The fraction of sp³-hybridized carbons (Fsp3) is 0.667. The van der Waals surface area contributed by atoms with E-state index in [9.17, 15) is 9.18 Å². The van der Waals surface area contributed by atoms with Crippen LogP contribution in [0.1, 0.15) is 48.0 Å². The molecule has 17 heavy (non-hydrogen) atoms. The minimum absolute atomic E-state index is 0.0727. The normalized spacial score (nSPS) is 29.1. The van der Waals surface area contributed by atoms with Crippen LogP contribution in [0.15, 0.2) is 6.20 Å². The van der Waals surface area contributed by atoms with Gasteiger partial charge in [0.15, 0.2) is 12.0 Å². The van der Waals surface area contributed by atoms with Crippen molar-refractivity contribution in [3.63, 3.8) is 0 Å². The first kappa shape index (κ1) is 10.9. The summed E-state index contributed by atoms with van der Waals surface area (Å²) < 4.78 is 20.7. The molecule has 1 fully saturated rings. The molecule has 3 rings (SSSR count). The lowest BCUT2D eigenvalue weighted by molar-refractivity contribution is -0.0413. The Balaban J connectivity index is 1.92. The lowest BCUT2D eigenvalue weighted by atomic mass is 9.95. The molecule has 0 radical (unpaired) electrons. The van der Waals surface area contributed by atoms with Gasteiger partial charge in [-0.05, 0) is 32.1 Å². The average molecular weight is 238 g/mol. The molecule has 92 valence electrons. The Kier molecular flexibility index (Phi) is 2.70. The van der Waals surface area contributed by atoms with Crippen LogP contribution in [-0.2, 0) is 11.2 Å². The Morgan fingerprint density at radius 1 is 1.41 bits per heavy atom. The van der Waals surface area contributed by atoms with Gasteiger partial charge in [-0.3, -0.25) is 4.79 Å². The number of Topliss-reactive ketones (excluding diaryl/α,β-unsaturated/α-hetero) is 1. The smallest absolute Gasteiger partial charge is 0.200 e. The van der Waals surface area contributed by atoms with Gasteiger partial charge in [0.25, 0.3) is 0 Å². The van der Waals surface area contributed by atoms with E-state index >= 15 is 0 Å². The standard InChI is InChI=1S/C12H15FN2O2/c13-9-4-5-10-8(12(9)16)7-14-15(10)11-3-1-2-6-17-11/h7,9,11H,1-6H2. The monoisotopic (exact) mass is 238 g/mol. The summed E-state index contributed by atoms with van der Waals surface area (Å²) in [6.45, 7) is 0.735. The number of carbonyl (C=O) groups is 1. The van der Waals surface area contributed by atoms with Gasteiger partial charge in [-0.25, -0.2) is 9.07 Å². The average Bonchev–Trinajstić information content (AvgIpc) is 2.79. The molecule has 1 aliphatic heterocycles. The van der Waals surface area contributed by atoms with Crippen molar-refractivity contribution in [1.82, 2.24) is 9.78 Å². The van der Waals surface area contributed by atoms with Gasteiger partial charge in [-0.2, -0.15) is 5.10 Å². The predicted octanol–water partition coefficient (Wildman–Crippen LogP) is 2.05. The van der Waals surface area contributed by atoms with Crippen LogP contribution in [0.2, 0.25) is 0 Å². The van der Waals surface area contributed by atoms with Crippen LogP contribution < -0.4 is 0 Å². The molecule has 0 aromatic carbocycles. The molecule has 2 atom stereocenters. The number of nitrogens with zero attached hydrogens (tertiary/aromatic N) is 2. The van der Waals surface area contributed by atoms with Crippen molar-refractivity contribution in [2.24, 2.45) is 0 Å². The van der Waals surface area contributed by atoms with Crippen LogP contribution >= 0.6 is 0 Å². The van der Waals surface area contributed by atoms with Crippen LogP contribution in [-0.4, -0.2) is 28.3 Å². The SMILES string of the molecule is O=C1c2cnn(C3CCCCO3)c2CCC1F. The summed E-state index contributed by atoms with van der Waals surface area (Å²) in [5, 5.41) is 4.21. The highest BCUT2D eigenvalue weighted by Gasteiger charge is 2.32. The Hall–Kier alpha value is -1.23. The molecular weight excluding hydrogens is 223 g/mol. The van der Waals surface area contributed by atoms with Gasteiger partial charge >= 0.3 is 0 Å². The van der Waals surface area contributed by atoms with Crippen molar-refractivity contribution in [2.75, 3.05) is 6.61 Å². The number of alkyl halides is 1. The maximum Gasteiger partial charge on any atom is 0.200 e. The minimum atomic E-state index is -1.35. The number of halogens is 1. The van der Waals surface area contributed by atoms with Gasteiger partial charge in [0.1, 0.15) is 6.23 Å². The van der Waals surface area contributed by atoms with Crippen LogP contribution in [0.25, 0.3) is 0 Å².